The number of hydrogen-bond donors (Lipinski definition) is 1. The van der Waals surface area contributed by atoms with Crippen LogP contribution >= 0.6 is 15.9 Å². The molecule has 21 heavy (non-hydrogen) atoms. The van der Waals surface area contributed by atoms with Gasteiger partial charge in [-0.25, -0.2) is 4.79 Å². The second-order valence-electron chi connectivity index (χ2n) is 6.16. The van der Waals surface area contributed by atoms with Crippen LogP contribution in [0.15, 0.2) is 22.9 Å². The predicted molar refractivity (Wildman–Crippen MR) is 85.1 cm³/mol. The van der Waals surface area contributed by atoms with E-state index in [0.717, 1.165) is 29.5 Å². The SMILES string of the molecule is CC(C)(C)OC(=O)N1CCNCCC1c1cncc(Br)c1. The van der Waals surface area contributed by atoms with Crippen LogP contribution in [0.25, 0.3) is 0 Å². The topological polar surface area (TPSA) is 54.5 Å². The Morgan fingerprint density at radius 2 is 2.19 bits per heavy atom. The molecule has 1 atom stereocenters. The highest BCUT2D eigenvalue weighted by atomic mass is 79.9. The monoisotopic (exact) mass is 355 g/mol. The molecule has 1 aromatic rings. The number of amides is 1. The molecule has 116 valence electrons. The Morgan fingerprint density at radius 1 is 1.43 bits per heavy atom. The lowest BCUT2D eigenvalue weighted by Crippen LogP contribution is -2.40. The Labute approximate surface area is 134 Å². The molecule has 0 aliphatic carbocycles. The summed E-state index contributed by atoms with van der Waals surface area (Å²) in [7, 11) is 0. The maximum Gasteiger partial charge on any atom is 0.410 e. The highest BCUT2D eigenvalue weighted by Gasteiger charge is 2.30. The highest BCUT2D eigenvalue weighted by Crippen LogP contribution is 2.28. The summed E-state index contributed by atoms with van der Waals surface area (Å²) < 4.78 is 6.46. The summed E-state index contributed by atoms with van der Waals surface area (Å²) in [5, 5.41) is 3.33. The van der Waals surface area contributed by atoms with Gasteiger partial charge in [-0.15, -0.1) is 0 Å². The van der Waals surface area contributed by atoms with E-state index in [1.165, 1.54) is 0 Å². The maximum absolute atomic E-state index is 12.5. The van der Waals surface area contributed by atoms with Crippen LogP contribution in [0.5, 0.6) is 0 Å². The van der Waals surface area contributed by atoms with Crippen LogP contribution in [0.4, 0.5) is 4.79 Å². The van der Waals surface area contributed by atoms with Crippen molar-refractivity contribution in [3.63, 3.8) is 0 Å². The Balaban J connectivity index is 2.24. The van der Waals surface area contributed by atoms with Crippen LogP contribution in [0.1, 0.15) is 38.8 Å². The van der Waals surface area contributed by atoms with Gasteiger partial charge < -0.3 is 10.1 Å². The smallest absolute Gasteiger partial charge is 0.410 e. The van der Waals surface area contributed by atoms with E-state index >= 15 is 0 Å². The molecule has 6 heteroatoms. The van der Waals surface area contributed by atoms with Gasteiger partial charge in [-0.05, 0) is 61.3 Å². The van der Waals surface area contributed by atoms with Gasteiger partial charge in [-0.1, -0.05) is 0 Å². The lowest BCUT2D eigenvalue weighted by molar-refractivity contribution is 0.0171. The van der Waals surface area contributed by atoms with E-state index in [1.54, 1.807) is 11.1 Å². The van der Waals surface area contributed by atoms with Gasteiger partial charge in [0.1, 0.15) is 5.60 Å². The average Bonchev–Trinajstić information content (AvgIpc) is 2.62. The molecule has 2 rings (SSSR count). The summed E-state index contributed by atoms with van der Waals surface area (Å²) >= 11 is 3.44. The number of pyridine rings is 1. The molecule has 1 aliphatic heterocycles. The molecule has 0 aromatic carbocycles. The zero-order chi connectivity index (χ0) is 15.5. The first-order valence-electron chi connectivity index (χ1n) is 7.17. The Hall–Kier alpha value is -1.14. The molecular weight excluding hydrogens is 334 g/mol. The van der Waals surface area contributed by atoms with E-state index < -0.39 is 5.60 Å². The predicted octanol–water partition coefficient (Wildman–Crippen LogP) is 3.12. The van der Waals surface area contributed by atoms with Crippen molar-refractivity contribution in [2.75, 3.05) is 19.6 Å². The van der Waals surface area contributed by atoms with Crippen molar-refractivity contribution in [3.8, 4) is 0 Å². The van der Waals surface area contributed by atoms with E-state index in [4.69, 9.17) is 4.74 Å². The Morgan fingerprint density at radius 3 is 2.86 bits per heavy atom. The minimum absolute atomic E-state index is 0.0140. The van der Waals surface area contributed by atoms with E-state index in [9.17, 15) is 4.79 Å². The first-order valence-corrected chi connectivity index (χ1v) is 7.97. The number of carbonyl (C=O) groups excluding carboxylic acids is 1. The molecule has 1 amide bonds. The summed E-state index contributed by atoms with van der Waals surface area (Å²) in [6.07, 6.45) is 4.14. The molecule has 2 heterocycles. The number of rotatable bonds is 1. The summed E-state index contributed by atoms with van der Waals surface area (Å²) in [4.78, 5) is 18.5. The maximum atomic E-state index is 12.5. The van der Waals surface area contributed by atoms with Crippen molar-refractivity contribution in [2.24, 2.45) is 0 Å². The third-order valence-electron chi connectivity index (χ3n) is 3.24. The summed E-state index contributed by atoms with van der Waals surface area (Å²) in [5.41, 5.74) is 0.538. The van der Waals surface area contributed by atoms with Crippen LogP contribution in [0, 0.1) is 0 Å². The summed E-state index contributed by atoms with van der Waals surface area (Å²) in [5.74, 6) is 0. The van der Waals surface area contributed by atoms with E-state index in [0.29, 0.717) is 6.54 Å². The molecule has 1 N–H and O–H groups in total. The van der Waals surface area contributed by atoms with E-state index in [1.807, 2.05) is 33.0 Å². The lowest BCUT2D eigenvalue weighted by atomic mass is 10.0. The molecule has 1 fully saturated rings. The minimum Gasteiger partial charge on any atom is -0.444 e. The zero-order valence-corrected chi connectivity index (χ0v) is 14.3. The van der Waals surface area contributed by atoms with Crippen molar-refractivity contribution < 1.29 is 9.53 Å². The van der Waals surface area contributed by atoms with Crippen LogP contribution in [0.2, 0.25) is 0 Å². The first-order chi connectivity index (χ1) is 9.87. The van der Waals surface area contributed by atoms with Crippen LogP contribution in [0.3, 0.4) is 0 Å². The van der Waals surface area contributed by atoms with Gasteiger partial charge in [-0.3, -0.25) is 9.88 Å². The molecule has 1 unspecified atom stereocenters. The van der Waals surface area contributed by atoms with Gasteiger partial charge in [0.15, 0.2) is 0 Å². The lowest BCUT2D eigenvalue weighted by Gasteiger charge is -2.32. The van der Waals surface area contributed by atoms with Gasteiger partial charge in [0.2, 0.25) is 0 Å². The van der Waals surface area contributed by atoms with E-state index in [2.05, 4.69) is 26.2 Å². The van der Waals surface area contributed by atoms with Crippen molar-refractivity contribution in [2.45, 2.75) is 38.8 Å². The quantitative estimate of drug-likeness (QED) is 0.840. The van der Waals surface area contributed by atoms with Gasteiger partial charge in [0, 0.05) is 30.0 Å². The van der Waals surface area contributed by atoms with Crippen LogP contribution in [-0.2, 0) is 4.74 Å². The number of hydrogen-bond acceptors (Lipinski definition) is 4. The van der Waals surface area contributed by atoms with Crippen molar-refractivity contribution >= 4 is 22.0 Å². The standard InChI is InChI=1S/C15H22BrN3O2/c1-15(2,3)21-14(20)19-7-6-17-5-4-13(19)11-8-12(16)10-18-9-11/h8-10,13,17H,4-7H2,1-3H3. The highest BCUT2D eigenvalue weighted by molar-refractivity contribution is 9.10. The molecule has 0 saturated carbocycles. The number of halogens is 1. The molecule has 0 radical (unpaired) electrons. The molecule has 0 bridgehead atoms. The molecule has 1 aromatic heterocycles. The number of carbonyl (C=O) groups is 1. The molecular formula is C15H22BrN3O2. The molecule has 1 aliphatic rings. The Kier molecular flexibility index (Phi) is 5.22. The second kappa shape index (κ2) is 6.75. The van der Waals surface area contributed by atoms with Gasteiger partial charge >= 0.3 is 6.09 Å². The fourth-order valence-electron chi connectivity index (χ4n) is 2.37. The van der Waals surface area contributed by atoms with Crippen molar-refractivity contribution in [3.05, 3.63) is 28.5 Å². The van der Waals surface area contributed by atoms with Crippen LogP contribution < -0.4 is 5.32 Å². The van der Waals surface area contributed by atoms with Crippen molar-refractivity contribution in [1.29, 1.82) is 0 Å². The fourth-order valence-corrected chi connectivity index (χ4v) is 2.75. The Bertz CT molecular complexity index is 502. The molecule has 5 nitrogen and oxygen atoms in total. The van der Waals surface area contributed by atoms with Gasteiger partial charge in [0.05, 0.1) is 6.04 Å². The average molecular weight is 356 g/mol. The number of nitrogens with zero attached hydrogens (tertiary/aromatic N) is 2. The number of ether oxygens (including phenoxy) is 1. The van der Waals surface area contributed by atoms with Crippen LogP contribution in [-0.4, -0.2) is 41.2 Å². The fraction of sp³-hybridized carbons (Fsp3) is 0.600. The van der Waals surface area contributed by atoms with Gasteiger partial charge in [0.25, 0.3) is 0 Å². The molecule has 0 spiro atoms. The molecule has 1 saturated heterocycles. The minimum atomic E-state index is -0.489. The summed E-state index contributed by atoms with van der Waals surface area (Å²) in [6.45, 7) is 7.93. The number of aromatic nitrogens is 1. The third-order valence-corrected chi connectivity index (χ3v) is 3.67. The first kappa shape index (κ1) is 16.2. The summed E-state index contributed by atoms with van der Waals surface area (Å²) in [6, 6.07) is 2.00. The van der Waals surface area contributed by atoms with E-state index in [-0.39, 0.29) is 12.1 Å². The zero-order valence-electron chi connectivity index (χ0n) is 12.7. The largest absolute Gasteiger partial charge is 0.444 e. The van der Waals surface area contributed by atoms with Gasteiger partial charge in [-0.2, -0.15) is 0 Å². The third kappa shape index (κ3) is 4.68. The number of nitrogens with one attached hydrogen (secondary N) is 1. The normalized spacial score (nSPS) is 20.0. The second-order valence-corrected chi connectivity index (χ2v) is 7.08. The van der Waals surface area contributed by atoms with Crippen molar-refractivity contribution in [1.82, 2.24) is 15.2 Å².